The monoisotopic (exact) mass is 447 g/mol. The zero-order valence-corrected chi connectivity index (χ0v) is 15.8. The van der Waals surface area contributed by atoms with Crippen molar-refractivity contribution in [3.8, 4) is 22.6 Å². The largest absolute Gasteiger partial charge is 0.433 e. The van der Waals surface area contributed by atoms with Gasteiger partial charge in [-0.25, -0.2) is 18.4 Å². The number of benzene rings is 1. The lowest BCUT2D eigenvalue weighted by Crippen LogP contribution is -2.08. The van der Waals surface area contributed by atoms with Gasteiger partial charge < -0.3 is 0 Å². The molecule has 0 atom stereocenters. The number of aromatic nitrogens is 3. The number of rotatable bonds is 3. The molecule has 0 fully saturated rings. The summed E-state index contributed by atoms with van der Waals surface area (Å²) in [5, 5.41) is 0. The van der Waals surface area contributed by atoms with Crippen molar-refractivity contribution in [1.82, 2.24) is 15.0 Å². The first kappa shape index (κ1) is 21.7. The van der Waals surface area contributed by atoms with Gasteiger partial charge in [-0.3, -0.25) is 4.98 Å². The second kappa shape index (κ2) is 7.35. The van der Waals surface area contributed by atoms with Crippen molar-refractivity contribution in [2.24, 2.45) is 0 Å². The maximum Gasteiger partial charge on any atom is 0.433 e. The first-order valence-electron chi connectivity index (χ1n) is 8.05. The first-order valence-corrected chi connectivity index (χ1v) is 9.94. The lowest BCUT2D eigenvalue weighted by molar-refractivity contribution is -0.141. The molecule has 0 spiro atoms. The second-order valence-electron chi connectivity index (χ2n) is 6.19. The van der Waals surface area contributed by atoms with E-state index < -0.39 is 38.3 Å². The van der Waals surface area contributed by atoms with Gasteiger partial charge in [-0.1, -0.05) is 12.1 Å². The highest BCUT2D eigenvalue weighted by Crippen LogP contribution is 2.34. The van der Waals surface area contributed by atoms with Gasteiger partial charge in [0.1, 0.15) is 10.6 Å². The predicted octanol–water partition coefficient (Wildman–Crippen LogP) is 4.65. The SMILES string of the molecule is CS(=O)(=O)c1cnc(-c2ccc(C(F)(F)F)nc2)nc1-c1cccc(C(F)(F)F)c1. The van der Waals surface area contributed by atoms with E-state index in [0.717, 1.165) is 42.9 Å². The third-order valence-electron chi connectivity index (χ3n) is 3.93. The average Bonchev–Trinajstić information content (AvgIpc) is 2.66. The minimum absolute atomic E-state index is 0.0243. The zero-order chi connectivity index (χ0) is 22.3. The molecule has 0 radical (unpaired) electrons. The van der Waals surface area contributed by atoms with Crippen LogP contribution in [-0.4, -0.2) is 29.6 Å². The minimum atomic E-state index is -4.67. The summed E-state index contributed by atoms with van der Waals surface area (Å²) in [6, 6.07) is 5.58. The van der Waals surface area contributed by atoms with Gasteiger partial charge in [0.05, 0.1) is 17.5 Å². The van der Waals surface area contributed by atoms with Crippen LogP contribution in [0.1, 0.15) is 11.3 Å². The maximum absolute atomic E-state index is 13.0. The summed E-state index contributed by atoms with van der Waals surface area (Å²) < 4.78 is 101. The summed E-state index contributed by atoms with van der Waals surface area (Å²) >= 11 is 0. The summed E-state index contributed by atoms with van der Waals surface area (Å²) in [5.41, 5.74) is -2.61. The van der Waals surface area contributed by atoms with E-state index in [0.29, 0.717) is 6.07 Å². The number of hydrogen-bond donors (Lipinski definition) is 0. The third-order valence-corrected chi connectivity index (χ3v) is 5.03. The van der Waals surface area contributed by atoms with Crippen LogP contribution < -0.4 is 0 Å². The van der Waals surface area contributed by atoms with Gasteiger partial charge in [0, 0.05) is 23.6 Å². The molecular weight excluding hydrogens is 436 g/mol. The Morgan fingerprint density at radius 3 is 2.07 bits per heavy atom. The normalized spacial score (nSPS) is 12.8. The molecule has 0 N–H and O–H groups in total. The van der Waals surface area contributed by atoms with Crippen LogP contribution >= 0.6 is 0 Å². The Morgan fingerprint density at radius 1 is 0.833 bits per heavy atom. The quantitative estimate of drug-likeness (QED) is 0.547. The summed E-state index contributed by atoms with van der Waals surface area (Å²) in [4.78, 5) is 10.7. The number of alkyl halides is 6. The summed E-state index contributed by atoms with van der Waals surface area (Å²) in [5.74, 6) is -0.198. The summed E-state index contributed by atoms with van der Waals surface area (Å²) in [6.07, 6.45) is -6.77. The molecule has 2 aromatic heterocycles. The molecule has 0 aliphatic rings. The van der Waals surface area contributed by atoms with E-state index >= 15 is 0 Å². The van der Waals surface area contributed by atoms with Crippen LogP contribution in [0.15, 0.2) is 53.7 Å². The van der Waals surface area contributed by atoms with Crippen molar-refractivity contribution in [3.05, 3.63) is 60.0 Å². The van der Waals surface area contributed by atoms with Gasteiger partial charge >= 0.3 is 12.4 Å². The molecule has 0 aliphatic carbocycles. The van der Waals surface area contributed by atoms with Crippen LogP contribution in [0.3, 0.4) is 0 Å². The molecule has 3 aromatic rings. The van der Waals surface area contributed by atoms with E-state index in [4.69, 9.17) is 0 Å². The topological polar surface area (TPSA) is 72.8 Å². The molecule has 0 saturated carbocycles. The first-order chi connectivity index (χ1) is 13.8. The number of halogens is 6. The second-order valence-corrected chi connectivity index (χ2v) is 8.17. The Kier molecular flexibility index (Phi) is 5.31. The molecule has 0 aliphatic heterocycles. The van der Waals surface area contributed by atoms with Gasteiger partial charge in [-0.15, -0.1) is 0 Å². The summed E-state index contributed by atoms with van der Waals surface area (Å²) in [7, 11) is -3.93. The molecule has 0 bridgehead atoms. The Balaban J connectivity index is 2.17. The molecular formula is C18H11F6N3O2S. The fourth-order valence-corrected chi connectivity index (χ4v) is 3.28. The molecule has 12 heteroatoms. The van der Waals surface area contributed by atoms with Crippen molar-refractivity contribution in [1.29, 1.82) is 0 Å². The van der Waals surface area contributed by atoms with Gasteiger partial charge in [0.2, 0.25) is 0 Å². The van der Waals surface area contributed by atoms with E-state index in [1.807, 2.05) is 0 Å². The Hall–Kier alpha value is -3.02. The molecule has 0 amide bonds. The molecule has 30 heavy (non-hydrogen) atoms. The minimum Gasteiger partial charge on any atom is -0.251 e. The summed E-state index contributed by atoms with van der Waals surface area (Å²) in [6.45, 7) is 0. The zero-order valence-electron chi connectivity index (χ0n) is 15.0. The van der Waals surface area contributed by atoms with E-state index in [-0.39, 0.29) is 22.6 Å². The van der Waals surface area contributed by atoms with Crippen LogP contribution in [0.5, 0.6) is 0 Å². The van der Waals surface area contributed by atoms with E-state index in [1.54, 1.807) is 0 Å². The van der Waals surface area contributed by atoms with Crippen molar-refractivity contribution >= 4 is 9.84 Å². The van der Waals surface area contributed by atoms with E-state index in [2.05, 4.69) is 15.0 Å². The fourth-order valence-electron chi connectivity index (χ4n) is 2.52. The number of nitrogens with zero attached hydrogens (tertiary/aromatic N) is 3. The lowest BCUT2D eigenvalue weighted by atomic mass is 10.1. The van der Waals surface area contributed by atoms with Crippen molar-refractivity contribution in [3.63, 3.8) is 0 Å². The molecule has 1 aromatic carbocycles. The Labute approximate surface area is 166 Å². The molecule has 158 valence electrons. The molecule has 0 unspecified atom stereocenters. The smallest absolute Gasteiger partial charge is 0.251 e. The molecule has 5 nitrogen and oxygen atoms in total. The molecule has 3 rings (SSSR count). The van der Waals surface area contributed by atoms with E-state index in [9.17, 15) is 34.8 Å². The van der Waals surface area contributed by atoms with Gasteiger partial charge in [0.15, 0.2) is 15.7 Å². The van der Waals surface area contributed by atoms with Crippen LogP contribution in [0.25, 0.3) is 22.6 Å². The lowest BCUT2D eigenvalue weighted by Gasteiger charge is -2.12. The fraction of sp³-hybridized carbons (Fsp3) is 0.167. The van der Waals surface area contributed by atoms with Crippen LogP contribution in [0.2, 0.25) is 0 Å². The number of pyridine rings is 1. The van der Waals surface area contributed by atoms with Gasteiger partial charge in [0.25, 0.3) is 0 Å². The van der Waals surface area contributed by atoms with Gasteiger partial charge in [-0.2, -0.15) is 26.3 Å². The predicted molar refractivity (Wildman–Crippen MR) is 93.8 cm³/mol. The van der Waals surface area contributed by atoms with Gasteiger partial charge in [-0.05, 0) is 24.3 Å². The Morgan fingerprint density at radius 2 is 1.53 bits per heavy atom. The maximum atomic E-state index is 13.0. The highest BCUT2D eigenvalue weighted by Gasteiger charge is 2.33. The van der Waals surface area contributed by atoms with Crippen molar-refractivity contribution < 1.29 is 34.8 Å². The Bertz CT molecular complexity index is 1190. The molecule has 2 heterocycles. The van der Waals surface area contributed by atoms with Crippen molar-refractivity contribution in [2.45, 2.75) is 17.2 Å². The third kappa shape index (κ3) is 4.58. The molecule has 0 saturated heterocycles. The average molecular weight is 447 g/mol. The van der Waals surface area contributed by atoms with Crippen LogP contribution in [0.4, 0.5) is 26.3 Å². The standard InChI is InChI=1S/C18H11F6N3O2S/c1-30(28,29)13-9-26-16(11-5-6-14(25-8-11)18(22,23)24)27-15(13)10-3-2-4-12(7-10)17(19,20)21/h2-9H,1H3. The highest BCUT2D eigenvalue weighted by molar-refractivity contribution is 7.90. The highest BCUT2D eigenvalue weighted by atomic mass is 32.2. The van der Waals surface area contributed by atoms with Crippen molar-refractivity contribution in [2.75, 3.05) is 6.26 Å². The van der Waals surface area contributed by atoms with Crippen LogP contribution in [0, 0.1) is 0 Å². The van der Waals surface area contributed by atoms with Crippen LogP contribution in [-0.2, 0) is 22.2 Å². The number of sulfone groups is 1. The number of hydrogen-bond acceptors (Lipinski definition) is 5. The van der Waals surface area contributed by atoms with E-state index in [1.165, 1.54) is 6.07 Å².